The van der Waals surface area contributed by atoms with Crippen molar-refractivity contribution in [2.75, 3.05) is 26.6 Å². The van der Waals surface area contributed by atoms with Gasteiger partial charge in [0, 0.05) is 5.56 Å². The maximum absolute atomic E-state index is 13.7. The average molecular weight is 437 g/mol. The molecule has 0 radical (unpaired) electrons. The maximum atomic E-state index is 13.7. The molecule has 11 nitrogen and oxygen atoms in total. The number of esters is 1. The zero-order valence-electron chi connectivity index (χ0n) is 17.4. The molecule has 0 saturated carbocycles. The highest BCUT2D eigenvalue weighted by molar-refractivity contribution is 6.15. The molecule has 0 fully saturated rings. The number of ether oxygens (including phenoxy) is 3. The molecule has 3 aromatic rings. The Balaban J connectivity index is 1.96. The van der Waals surface area contributed by atoms with Gasteiger partial charge in [-0.25, -0.2) is 4.79 Å². The predicted molar refractivity (Wildman–Crippen MR) is 111 cm³/mol. The SMILES string of the molecule is COC(=O)C1=C(C(=O)c2cccc(OC)c2)[C@@H](c2ccc(O)c(OC)c2)n2nnnc2N1. The van der Waals surface area contributed by atoms with E-state index < -0.39 is 17.8 Å². The number of Topliss-reactive ketones (excluding diaryl/α,β-unsaturated/α-hetero) is 1. The van der Waals surface area contributed by atoms with Crippen LogP contribution in [-0.2, 0) is 9.53 Å². The molecule has 0 bridgehead atoms. The summed E-state index contributed by atoms with van der Waals surface area (Å²) in [6.07, 6.45) is 0. The number of aromatic hydroxyl groups is 1. The lowest BCUT2D eigenvalue weighted by Crippen LogP contribution is -2.33. The van der Waals surface area contributed by atoms with Crippen LogP contribution < -0.4 is 14.8 Å². The van der Waals surface area contributed by atoms with E-state index in [0.717, 1.165) is 0 Å². The van der Waals surface area contributed by atoms with Gasteiger partial charge in [-0.3, -0.25) is 4.79 Å². The van der Waals surface area contributed by atoms with E-state index in [9.17, 15) is 14.7 Å². The van der Waals surface area contributed by atoms with Crippen molar-refractivity contribution in [2.24, 2.45) is 0 Å². The summed E-state index contributed by atoms with van der Waals surface area (Å²) in [5, 5.41) is 24.4. The minimum atomic E-state index is -0.913. The van der Waals surface area contributed by atoms with Crippen LogP contribution in [0.2, 0.25) is 0 Å². The zero-order chi connectivity index (χ0) is 22.8. The lowest BCUT2D eigenvalue weighted by molar-refractivity contribution is -0.136. The van der Waals surface area contributed by atoms with E-state index in [-0.39, 0.29) is 34.3 Å². The number of phenolic OH excluding ortho intramolecular Hbond substituents is 1. The summed E-state index contributed by atoms with van der Waals surface area (Å²) in [6, 6.07) is 10.2. The van der Waals surface area contributed by atoms with Crippen LogP contribution in [0.5, 0.6) is 17.2 Å². The molecule has 0 spiro atoms. The summed E-state index contributed by atoms with van der Waals surface area (Å²) < 4.78 is 16.7. The maximum Gasteiger partial charge on any atom is 0.355 e. The molecule has 2 heterocycles. The third kappa shape index (κ3) is 3.49. The van der Waals surface area contributed by atoms with Gasteiger partial charge in [-0.15, -0.1) is 0 Å². The van der Waals surface area contributed by atoms with Crippen LogP contribution in [-0.4, -0.2) is 58.4 Å². The van der Waals surface area contributed by atoms with Gasteiger partial charge in [0.2, 0.25) is 5.95 Å². The highest BCUT2D eigenvalue weighted by Crippen LogP contribution is 2.39. The predicted octanol–water partition coefficient (Wildman–Crippen LogP) is 1.72. The number of methoxy groups -OCH3 is 3. The van der Waals surface area contributed by atoms with Gasteiger partial charge in [0.25, 0.3) is 0 Å². The molecule has 0 amide bonds. The molecule has 0 aliphatic carbocycles. The number of ketones is 1. The van der Waals surface area contributed by atoms with Gasteiger partial charge < -0.3 is 24.6 Å². The van der Waals surface area contributed by atoms with Crippen molar-refractivity contribution in [2.45, 2.75) is 6.04 Å². The number of nitrogens with zero attached hydrogens (tertiary/aromatic N) is 4. The quantitative estimate of drug-likeness (QED) is 0.433. The number of allylic oxidation sites excluding steroid dienone is 1. The second-order valence-corrected chi connectivity index (χ2v) is 6.75. The average Bonchev–Trinajstić information content (AvgIpc) is 3.30. The highest BCUT2D eigenvalue weighted by atomic mass is 16.5. The molecule has 32 heavy (non-hydrogen) atoms. The number of hydrogen-bond acceptors (Lipinski definition) is 10. The fourth-order valence-electron chi connectivity index (χ4n) is 3.48. The van der Waals surface area contributed by atoms with Gasteiger partial charge in [0.05, 0.1) is 26.9 Å². The standard InChI is InChI=1S/C21H19N5O6/c1-30-13-6-4-5-12(9-13)19(28)16-17(20(29)32-3)22-21-23-24-25-26(21)18(16)11-7-8-14(27)15(10-11)31-2/h4-10,18,27H,1-3H3,(H,22,23,25)/t18-/m1/s1. The van der Waals surface area contributed by atoms with Crippen LogP contribution in [0.4, 0.5) is 5.95 Å². The van der Waals surface area contributed by atoms with Crippen molar-refractivity contribution in [3.8, 4) is 17.2 Å². The molecule has 164 valence electrons. The highest BCUT2D eigenvalue weighted by Gasteiger charge is 2.39. The van der Waals surface area contributed by atoms with Gasteiger partial charge >= 0.3 is 5.97 Å². The van der Waals surface area contributed by atoms with E-state index in [1.165, 1.54) is 32.1 Å². The van der Waals surface area contributed by atoms with Crippen molar-refractivity contribution < 1.29 is 28.9 Å². The summed E-state index contributed by atoms with van der Waals surface area (Å²) in [4.78, 5) is 26.4. The van der Waals surface area contributed by atoms with Crippen molar-refractivity contribution in [3.63, 3.8) is 0 Å². The molecule has 2 aromatic carbocycles. The fraction of sp³-hybridized carbons (Fsp3) is 0.190. The lowest BCUT2D eigenvalue weighted by atomic mass is 9.89. The summed E-state index contributed by atoms with van der Waals surface area (Å²) in [5.74, 6) is -0.505. The smallest absolute Gasteiger partial charge is 0.355 e. The second-order valence-electron chi connectivity index (χ2n) is 6.75. The number of aromatic nitrogens is 4. The third-order valence-corrected chi connectivity index (χ3v) is 5.00. The van der Waals surface area contributed by atoms with E-state index in [1.54, 1.807) is 36.4 Å². The monoisotopic (exact) mass is 437 g/mol. The molecule has 1 aliphatic heterocycles. The van der Waals surface area contributed by atoms with E-state index in [2.05, 4.69) is 20.8 Å². The number of phenols is 1. The largest absolute Gasteiger partial charge is 0.504 e. The molecular formula is C21H19N5O6. The first kappa shape index (κ1) is 20.8. The minimum Gasteiger partial charge on any atom is -0.504 e. The number of rotatable bonds is 6. The molecule has 0 unspecified atom stereocenters. The Labute approximate surface area is 182 Å². The van der Waals surface area contributed by atoms with Crippen LogP contribution in [0.15, 0.2) is 53.7 Å². The number of benzene rings is 2. The van der Waals surface area contributed by atoms with Crippen molar-refractivity contribution in [1.29, 1.82) is 0 Å². The summed E-state index contributed by atoms with van der Waals surface area (Å²) in [6.45, 7) is 0. The van der Waals surface area contributed by atoms with Crippen molar-refractivity contribution in [1.82, 2.24) is 20.2 Å². The molecule has 1 aliphatic rings. The first-order valence-electron chi connectivity index (χ1n) is 9.41. The van der Waals surface area contributed by atoms with Crippen molar-refractivity contribution in [3.05, 3.63) is 64.9 Å². The molecule has 2 N–H and O–H groups in total. The molecule has 1 atom stereocenters. The van der Waals surface area contributed by atoms with E-state index in [1.807, 2.05) is 0 Å². The van der Waals surface area contributed by atoms with Crippen LogP contribution >= 0.6 is 0 Å². The van der Waals surface area contributed by atoms with Crippen LogP contribution in [0.3, 0.4) is 0 Å². The molecule has 1 aromatic heterocycles. The van der Waals surface area contributed by atoms with E-state index in [0.29, 0.717) is 11.3 Å². The topological polar surface area (TPSA) is 138 Å². The van der Waals surface area contributed by atoms with Gasteiger partial charge in [-0.05, 0) is 40.3 Å². The van der Waals surface area contributed by atoms with E-state index in [4.69, 9.17) is 14.2 Å². The molecule has 4 rings (SSSR count). The number of anilines is 1. The minimum absolute atomic E-state index is 0.0534. The van der Waals surface area contributed by atoms with Gasteiger partial charge in [-0.2, -0.15) is 4.68 Å². The first-order valence-corrected chi connectivity index (χ1v) is 9.41. The summed E-state index contributed by atoms with van der Waals surface area (Å²) >= 11 is 0. The van der Waals surface area contributed by atoms with Crippen LogP contribution in [0.25, 0.3) is 0 Å². The lowest BCUT2D eigenvalue weighted by Gasteiger charge is -2.28. The second kappa shape index (κ2) is 8.38. The third-order valence-electron chi connectivity index (χ3n) is 5.00. The number of carbonyl (C=O) groups is 2. The van der Waals surface area contributed by atoms with Gasteiger partial charge in [0.15, 0.2) is 17.3 Å². The number of carbonyl (C=O) groups excluding carboxylic acids is 2. The Morgan fingerprint density at radius 2 is 1.91 bits per heavy atom. The molecule has 11 heteroatoms. The zero-order valence-corrected chi connectivity index (χ0v) is 17.4. The normalized spacial score (nSPS) is 14.9. The Hall–Kier alpha value is -4.41. The van der Waals surface area contributed by atoms with Crippen LogP contribution in [0.1, 0.15) is 22.0 Å². The van der Waals surface area contributed by atoms with Crippen molar-refractivity contribution >= 4 is 17.7 Å². The first-order chi connectivity index (χ1) is 15.5. The molecular weight excluding hydrogens is 418 g/mol. The summed E-state index contributed by atoms with van der Waals surface area (Å²) in [5.41, 5.74) is 0.745. The van der Waals surface area contributed by atoms with Crippen LogP contribution in [0, 0.1) is 0 Å². The number of tetrazole rings is 1. The Morgan fingerprint density at radius 1 is 1.09 bits per heavy atom. The Morgan fingerprint density at radius 3 is 2.62 bits per heavy atom. The van der Waals surface area contributed by atoms with E-state index >= 15 is 0 Å². The van der Waals surface area contributed by atoms with Gasteiger partial charge in [0.1, 0.15) is 17.5 Å². The van der Waals surface area contributed by atoms with Gasteiger partial charge in [-0.1, -0.05) is 23.3 Å². The Bertz CT molecular complexity index is 1230. The number of fused-ring (bicyclic) bond motifs is 1. The number of hydrogen-bond donors (Lipinski definition) is 2. The molecule has 0 saturated heterocycles. The fourth-order valence-corrected chi connectivity index (χ4v) is 3.48. The number of nitrogens with one attached hydrogen (secondary N) is 1. The summed E-state index contributed by atoms with van der Waals surface area (Å²) in [7, 11) is 4.10. The Kier molecular flexibility index (Phi) is 5.46.